The van der Waals surface area contributed by atoms with Crippen molar-refractivity contribution in [2.45, 2.75) is 23.3 Å². The Morgan fingerprint density at radius 3 is 2.31 bits per heavy atom. The summed E-state index contributed by atoms with van der Waals surface area (Å²) in [5, 5.41) is 0. The Kier molecular flexibility index (Phi) is 5.32. The highest BCUT2D eigenvalue weighted by Gasteiger charge is 2.30. The van der Waals surface area contributed by atoms with Gasteiger partial charge in [-0.2, -0.15) is 0 Å². The van der Waals surface area contributed by atoms with Crippen molar-refractivity contribution in [2.75, 3.05) is 38.6 Å². The number of morpholine rings is 1. The molecule has 0 radical (unpaired) electrons. The van der Waals surface area contributed by atoms with Gasteiger partial charge in [-0.05, 0) is 31.2 Å². The second-order valence-electron chi connectivity index (χ2n) is 8.02. The van der Waals surface area contributed by atoms with Crippen molar-refractivity contribution < 1.29 is 13.2 Å². The maximum Gasteiger partial charge on any atom is 0.212 e. The van der Waals surface area contributed by atoms with E-state index in [0.717, 1.165) is 25.2 Å². The molecule has 0 atom stereocenters. The number of aryl methyl sites for hydroxylation is 1. The van der Waals surface area contributed by atoms with Crippen molar-refractivity contribution in [1.29, 1.82) is 0 Å². The Hall–Kier alpha value is -3.01. The van der Waals surface area contributed by atoms with E-state index in [1.807, 2.05) is 31.2 Å². The Labute approximate surface area is 186 Å². The smallest absolute Gasteiger partial charge is 0.212 e. The first-order valence-electron chi connectivity index (χ1n) is 10.6. The van der Waals surface area contributed by atoms with Crippen LogP contribution in [-0.4, -0.2) is 60.7 Å². The van der Waals surface area contributed by atoms with Crippen LogP contribution in [0.2, 0.25) is 0 Å². The summed E-state index contributed by atoms with van der Waals surface area (Å²) in [4.78, 5) is 11.9. The lowest BCUT2D eigenvalue weighted by atomic mass is 10.2. The first kappa shape index (κ1) is 20.9. The summed E-state index contributed by atoms with van der Waals surface area (Å²) in [7, 11) is -3.89. The van der Waals surface area contributed by atoms with E-state index < -0.39 is 9.84 Å². The minimum atomic E-state index is -3.89. The molecular weight excluding hydrogens is 426 g/mol. The maximum atomic E-state index is 13.6. The van der Waals surface area contributed by atoms with Gasteiger partial charge in [-0.1, -0.05) is 29.8 Å². The van der Waals surface area contributed by atoms with Crippen molar-refractivity contribution in [2.24, 2.45) is 0 Å². The molecule has 2 aromatic carbocycles. The molecule has 3 heterocycles. The molecule has 166 valence electrons. The first-order valence-corrected chi connectivity index (χ1v) is 12.1. The van der Waals surface area contributed by atoms with Gasteiger partial charge in [-0.3, -0.25) is 4.90 Å². The topological polar surface area (TPSA) is 103 Å². The Morgan fingerprint density at radius 1 is 0.969 bits per heavy atom. The highest BCUT2D eigenvalue weighted by Crippen LogP contribution is 2.35. The number of benzene rings is 2. The van der Waals surface area contributed by atoms with Crippen molar-refractivity contribution in [3.8, 4) is 0 Å². The molecule has 1 aliphatic rings. The first-order chi connectivity index (χ1) is 15.4. The summed E-state index contributed by atoms with van der Waals surface area (Å²) in [5.41, 5.74) is 9.61. The fraction of sp³-hybridized carbons (Fsp3) is 0.304. The van der Waals surface area contributed by atoms with Gasteiger partial charge in [0.2, 0.25) is 9.84 Å². The lowest BCUT2D eigenvalue weighted by Gasteiger charge is -2.26. The van der Waals surface area contributed by atoms with Crippen LogP contribution in [0.1, 0.15) is 5.56 Å². The molecule has 0 aliphatic carbocycles. The fourth-order valence-corrected chi connectivity index (χ4v) is 5.59. The molecule has 1 saturated heterocycles. The Balaban J connectivity index is 1.68. The van der Waals surface area contributed by atoms with Crippen LogP contribution in [0.4, 0.5) is 5.82 Å². The van der Waals surface area contributed by atoms with Gasteiger partial charge in [0.1, 0.15) is 16.2 Å². The van der Waals surface area contributed by atoms with E-state index >= 15 is 0 Å². The Bertz CT molecular complexity index is 1390. The van der Waals surface area contributed by atoms with Crippen LogP contribution in [0.3, 0.4) is 0 Å². The molecule has 0 saturated carbocycles. The summed E-state index contributed by atoms with van der Waals surface area (Å²) in [5.74, 6) is 0.171. The summed E-state index contributed by atoms with van der Waals surface area (Å²) in [6.45, 7) is 6.21. The third-order valence-corrected chi connectivity index (χ3v) is 7.72. The number of nitrogens with zero attached hydrogens (tertiary/aromatic N) is 4. The van der Waals surface area contributed by atoms with Crippen LogP contribution in [0, 0.1) is 6.92 Å². The molecule has 0 unspecified atom stereocenters. The average molecular weight is 452 g/mol. The highest BCUT2D eigenvalue weighted by molar-refractivity contribution is 7.92. The van der Waals surface area contributed by atoms with Crippen molar-refractivity contribution >= 4 is 37.9 Å². The SMILES string of the molecule is Cc1ccc(S(=O)(=O)c2c(N)n(CCN3CCOCC3)c3nc4ccccc4nc23)cc1. The molecule has 1 aliphatic heterocycles. The number of nitrogens with two attached hydrogens (primary N) is 1. The monoisotopic (exact) mass is 451 g/mol. The number of para-hydroxylation sites is 2. The minimum absolute atomic E-state index is 0.0246. The van der Waals surface area contributed by atoms with E-state index in [-0.39, 0.29) is 15.6 Å². The largest absolute Gasteiger partial charge is 0.384 e. The zero-order valence-corrected chi connectivity index (χ0v) is 18.7. The molecular formula is C23H25N5O3S. The fourth-order valence-electron chi connectivity index (χ4n) is 4.08. The van der Waals surface area contributed by atoms with Crippen LogP contribution in [0.5, 0.6) is 0 Å². The molecule has 2 N–H and O–H groups in total. The third kappa shape index (κ3) is 3.62. The van der Waals surface area contributed by atoms with Gasteiger partial charge in [0.25, 0.3) is 0 Å². The molecule has 0 spiro atoms. The van der Waals surface area contributed by atoms with Gasteiger partial charge in [-0.15, -0.1) is 0 Å². The van der Waals surface area contributed by atoms with Crippen LogP contribution >= 0.6 is 0 Å². The van der Waals surface area contributed by atoms with Crippen molar-refractivity contribution in [3.05, 3.63) is 54.1 Å². The van der Waals surface area contributed by atoms with E-state index in [2.05, 4.69) is 9.88 Å². The molecule has 32 heavy (non-hydrogen) atoms. The summed E-state index contributed by atoms with van der Waals surface area (Å²) >= 11 is 0. The highest BCUT2D eigenvalue weighted by atomic mass is 32.2. The minimum Gasteiger partial charge on any atom is -0.384 e. The van der Waals surface area contributed by atoms with E-state index in [0.29, 0.717) is 42.0 Å². The number of hydrogen-bond donors (Lipinski definition) is 1. The summed E-state index contributed by atoms with van der Waals surface area (Å²) in [6, 6.07) is 14.2. The predicted octanol–water partition coefficient (Wildman–Crippen LogP) is 2.64. The molecule has 4 aromatic rings. The molecule has 1 fully saturated rings. The lowest BCUT2D eigenvalue weighted by molar-refractivity contribution is 0.0366. The van der Waals surface area contributed by atoms with Crippen LogP contribution in [0.15, 0.2) is 58.3 Å². The number of hydrogen-bond acceptors (Lipinski definition) is 7. The van der Waals surface area contributed by atoms with E-state index in [9.17, 15) is 8.42 Å². The standard InChI is InChI=1S/C23H25N5O3S/c1-16-6-8-17(9-7-16)32(29,30)21-20-23(26-19-5-3-2-4-18(19)25-20)28(22(21)24)11-10-27-12-14-31-15-13-27/h2-9H,10-15,24H2,1H3. The summed E-state index contributed by atoms with van der Waals surface area (Å²) in [6.07, 6.45) is 0. The molecule has 0 bridgehead atoms. The van der Waals surface area contributed by atoms with Crippen LogP contribution < -0.4 is 5.73 Å². The molecule has 2 aromatic heterocycles. The van der Waals surface area contributed by atoms with Crippen LogP contribution in [-0.2, 0) is 21.1 Å². The second-order valence-corrected chi connectivity index (χ2v) is 9.91. The van der Waals surface area contributed by atoms with Gasteiger partial charge >= 0.3 is 0 Å². The zero-order chi connectivity index (χ0) is 22.3. The average Bonchev–Trinajstić information content (AvgIpc) is 3.07. The number of nitrogen functional groups attached to an aromatic ring is 1. The summed E-state index contributed by atoms with van der Waals surface area (Å²) < 4.78 is 34.5. The van der Waals surface area contributed by atoms with Gasteiger partial charge in [0.15, 0.2) is 5.65 Å². The quantitative estimate of drug-likeness (QED) is 0.497. The second kappa shape index (κ2) is 8.16. The lowest BCUT2D eigenvalue weighted by Crippen LogP contribution is -2.38. The number of ether oxygens (including phenoxy) is 1. The van der Waals surface area contributed by atoms with Crippen LogP contribution in [0.25, 0.3) is 22.2 Å². The number of aromatic nitrogens is 3. The normalized spacial score (nSPS) is 15.5. The van der Waals surface area contributed by atoms with Crippen molar-refractivity contribution in [3.63, 3.8) is 0 Å². The molecule has 8 nitrogen and oxygen atoms in total. The third-order valence-electron chi connectivity index (χ3n) is 5.89. The number of anilines is 1. The Morgan fingerprint density at radius 2 is 1.62 bits per heavy atom. The molecule has 9 heteroatoms. The molecule has 5 rings (SSSR count). The van der Waals surface area contributed by atoms with Gasteiger partial charge in [0, 0.05) is 26.2 Å². The zero-order valence-electron chi connectivity index (χ0n) is 17.9. The van der Waals surface area contributed by atoms with E-state index in [1.54, 1.807) is 28.8 Å². The van der Waals surface area contributed by atoms with E-state index in [1.165, 1.54) is 0 Å². The number of rotatable bonds is 5. The van der Waals surface area contributed by atoms with E-state index in [4.69, 9.17) is 15.5 Å². The van der Waals surface area contributed by atoms with Crippen molar-refractivity contribution in [1.82, 2.24) is 19.4 Å². The van der Waals surface area contributed by atoms with Gasteiger partial charge in [-0.25, -0.2) is 18.4 Å². The molecule has 0 amide bonds. The number of sulfone groups is 1. The van der Waals surface area contributed by atoms with Gasteiger partial charge < -0.3 is 15.0 Å². The van der Waals surface area contributed by atoms with Gasteiger partial charge in [0.05, 0.1) is 29.1 Å². The number of fused-ring (bicyclic) bond motifs is 2. The maximum absolute atomic E-state index is 13.6. The predicted molar refractivity (Wildman–Crippen MR) is 123 cm³/mol.